The zero-order valence-corrected chi connectivity index (χ0v) is 17.8. The number of piperazine rings is 1. The molecule has 154 valence electrons. The number of anilines is 3. The van der Waals surface area contributed by atoms with E-state index in [1.54, 1.807) is 0 Å². The monoisotopic (exact) mass is 399 g/mol. The molecule has 0 spiro atoms. The lowest BCUT2D eigenvalue weighted by Gasteiger charge is -2.34. The SMILES string of the molecule is Cc1cccc(C)c1Nc1nccc(N2CCN(C/C=C/c3ccccc3)CC2)n1. The molecule has 0 radical (unpaired) electrons. The number of hydrogen-bond donors (Lipinski definition) is 1. The topological polar surface area (TPSA) is 44.3 Å². The first kappa shape index (κ1) is 20.1. The van der Waals surface area contributed by atoms with Gasteiger partial charge in [-0.15, -0.1) is 0 Å². The Hall–Kier alpha value is -3.18. The molecule has 0 unspecified atom stereocenters. The molecule has 1 saturated heterocycles. The highest BCUT2D eigenvalue weighted by Gasteiger charge is 2.17. The summed E-state index contributed by atoms with van der Waals surface area (Å²) >= 11 is 0. The number of nitrogens with zero attached hydrogens (tertiary/aromatic N) is 4. The highest BCUT2D eigenvalue weighted by Crippen LogP contribution is 2.23. The van der Waals surface area contributed by atoms with Gasteiger partial charge in [-0.25, -0.2) is 4.98 Å². The maximum absolute atomic E-state index is 4.77. The summed E-state index contributed by atoms with van der Waals surface area (Å²) in [6.45, 7) is 9.19. The number of para-hydroxylation sites is 1. The van der Waals surface area contributed by atoms with E-state index in [0.29, 0.717) is 5.95 Å². The first-order chi connectivity index (χ1) is 14.7. The van der Waals surface area contributed by atoms with Gasteiger partial charge in [0.15, 0.2) is 0 Å². The highest BCUT2D eigenvalue weighted by molar-refractivity contribution is 5.63. The standard InChI is InChI=1S/C25H29N5/c1-20-8-6-9-21(2)24(20)28-25-26-14-13-23(27-25)30-18-16-29(17-19-30)15-7-12-22-10-4-3-5-11-22/h3-14H,15-19H2,1-2H3,(H,26,27,28)/b12-7+. The Morgan fingerprint density at radius 2 is 1.63 bits per heavy atom. The summed E-state index contributed by atoms with van der Waals surface area (Å²) in [4.78, 5) is 14.0. The van der Waals surface area contributed by atoms with Crippen LogP contribution in [0.25, 0.3) is 6.08 Å². The lowest BCUT2D eigenvalue weighted by molar-refractivity contribution is 0.283. The summed E-state index contributed by atoms with van der Waals surface area (Å²) in [5.74, 6) is 1.64. The number of hydrogen-bond acceptors (Lipinski definition) is 5. The van der Waals surface area contributed by atoms with E-state index in [-0.39, 0.29) is 0 Å². The molecular formula is C25H29N5. The van der Waals surface area contributed by atoms with Crippen molar-refractivity contribution < 1.29 is 0 Å². The fraction of sp³-hybridized carbons (Fsp3) is 0.280. The Bertz CT molecular complexity index is 971. The van der Waals surface area contributed by atoms with Crippen LogP contribution in [-0.4, -0.2) is 47.6 Å². The quantitative estimate of drug-likeness (QED) is 0.652. The van der Waals surface area contributed by atoms with Gasteiger partial charge in [-0.3, -0.25) is 4.90 Å². The molecule has 0 atom stereocenters. The van der Waals surface area contributed by atoms with Crippen LogP contribution in [0.4, 0.5) is 17.5 Å². The summed E-state index contributed by atoms with van der Waals surface area (Å²) in [5, 5.41) is 3.40. The summed E-state index contributed by atoms with van der Waals surface area (Å²) in [6.07, 6.45) is 6.29. The third-order valence-corrected chi connectivity index (χ3v) is 5.53. The van der Waals surface area contributed by atoms with Gasteiger partial charge in [0, 0.05) is 44.6 Å². The number of aryl methyl sites for hydroxylation is 2. The van der Waals surface area contributed by atoms with Crippen molar-refractivity contribution in [3.63, 3.8) is 0 Å². The summed E-state index contributed by atoms with van der Waals surface area (Å²) in [6, 6.07) is 18.7. The molecule has 2 heterocycles. The van der Waals surface area contributed by atoms with E-state index in [1.165, 1.54) is 16.7 Å². The van der Waals surface area contributed by atoms with Crippen LogP contribution in [0, 0.1) is 13.8 Å². The van der Waals surface area contributed by atoms with E-state index < -0.39 is 0 Å². The van der Waals surface area contributed by atoms with E-state index in [2.05, 4.69) is 88.6 Å². The van der Waals surface area contributed by atoms with Crippen molar-refractivity contribution in [3.05, 3.63) is 83.6 Å². The van der Waals surface area contributed by atoms with Crippen molar-refractivity contribution >= 4 is 23.5 Å². The third kappa shape index (κ3) is 5.05. The predicted molar refractivity (Wildman–Crippen MR) is 125 cm³/mol. The first-order valence-corrected chi connectivity index (χ1v) is 10.5. The molecule has 0 aliphatic carbocycles. The zero-order valence-electron chi connectivity index (χ0n) is 17.8. The Morgan fingerprint density at radius 1 is 0.900 bits per heavy atom. The maximum Gasteiger partial charge on any atom is 0.229 e. The molecule has 5 nitrogen and oxygen atoms in total. The number of rotatable bonds is 6. The average Bonchev–Trinajstić information content (AvgIpc) is 2.78. The minimum atomic E-state index is 0.651. The van der Waals surface area contributed by atoms with Crippen LogP contribution in [-0.2, 0) is 0 Å². The molecule has 5 heteroatoms. The van der Waals surface area contributed by atoms with Gasteiger partial charge < -0.3 is 10.2 Å². The second-order valence-corrected chi connectivity index (χ2v) is 7.73. The molecule has 1 aromatic heterocycles. The molecule has 1 aliphatic heterocycles. The molecule has 1 N–H and O–H groups in total. The van der Waals surface area contributed by atoms with E-state index in [4.69, 9.17) is 4.98 Å². The van der Waals surface area contributed by atoms with Gasteiger partial charge in [0.25, 0.3) is 0 Å². The molecule has 0 saturated carbocycles. The van der Waals surface area contributed by atoms with E-state index in [0.717, 1.165) is 44.2 Å². The lowest BCUT2D eigenvalue weighted by Crippen LogP contribution is -2.46. The molecule has 4 rings (SSSR count). The summed E-state index contributed by atoms with van der Waals surface area (Å²) < 4.78 is 0. The number of benzene rings is 2. The van der Waals surface area contributed by atoms with Crippen molar-refractivity contribution in [1.82, 2.24) is 14.9 Å². The molecule has 1 aliphatic rings. The van der Waals surface area contributed by atoms with Gasteiger partial charge in [0.1, 0.15) is 5.82 Å². The zero-order chi connectivity index (χ0) is 20.8. The molecule has 0 amide bonds. The fourth-order valence-corrected chi connectivity index (χ4v) is 3.77. The molecule has 0 bridgehead atoms. The van der Waals surface area contributed by atoms with Gasteiger partial charge >= 0.3 is 0 Å². The van der Waals surface area contributed by atoms with Crippen molar-refractivity contribution in [1.29, 1.82) is 0 Å². The first-order valence-electron chi connectivity index (χ1n) is 10.5. The van der Waals surface area contributed by atoms with Crippen LogP contribution < -0.4 is 10.2 Å². The van der Waals surface area contributed by atoms with Crippen molar-refractivity contribution in [3.8, 4) is 0 Å². The van der Waals surface area contributed by atoms with E-state index in [1.807, 2.05) is 18.3 Å². The van der Waals surface area contributed by atoms with Crippen LogP contribution in [0.3, 0.4) is 0 Å². The molecular weight excluding hydrogens is 370 g/mol. The Labute approximate surface area is 179 Å². The minimum Gasteiger partial charge on any atom is -0.354 e. The van der Waals surface area contributed by atoms with Crippen LogP contribution in [0.1, 0.15) is 16.7 Å². The largest absolute Gasteiger partial charge is 0.354 e. The van der Waals surface area contributed by atoms with Gasteiger partial charge in [-0.05, 0) is 36.6 Å². The van der Waals surface area contributed by atoms with Crippen LogP contribution in [0.2, 0.25) is 0 Å². The van der Waals surface area contributed by atoms with Crippen LogP contribution in [0.5, 0.6) is 0 Å². The van der Waals surface area contributed by atoms with Gasteiger partial charge in [-0.1, -0.05) is 60.7 Å². The summed E-state index contributed by atoms with van der Waals surface area (Å²) in [5.41, 5.74) is 4.73. The number of nitrogens with one attached hydrogen (secondary N) is 1. The second kappa shape index (κ2) is 9.55. The number of aromatic nitrogens is 2. The second-order valence-electron chi connectivity index (χ2n) is 7.73. The van der Waals surface area contributed by atoms with E-state index in [9.17, 15) is 0 Å². The molecule has 30 heavy (non-hydrogen) atoms. The van der Waals surface area contributed by atoms with Crippen molar-refractivity contribution in [2.24, 2.45) is 0 Å². The Kier molecular flexibility index (Phi) is 6.40. The minimum absolute atomic E-state index is 0.651. The molecule has 2 aromatic carbocycles. The Morgan fingerprint density at radius 3 is 2.37 bits per heavy atom. The van der Waals surface area contributed by atoms with Gasteiger partial charge in [0.05, 0.1) is 0 Å². The predicted octanol–water partition coefficient (Wildman–Crippen LogP) is 4.67. The lowest BCUT2D eigenvalue weighted by atomic mass is 10.1. The molecule has 1 fully saturated rings. The summed E-state index contributed by atoms with van der Waals surface area (Å²) in [7, 11) is 0. The van der Waals surface area contributed by atoms with Gasteiger partial charge in [-0.2, -0.15) is 4.98 Å². The van der Waals surface area contributed by atoms with Crippen molar-refractivity contribution in [2.45, 2.75) is 13.8 Å². The fourth-order valence-electron chi connectivity index (χ4n) is 3.77. The molecule has 3 aromatic rings. The normalized spacial score (nSPS) is 14.9. The van der Waals surface area contributed by atoms with E-state index >= 15 is 0 Å². The maximum atomic E-state index is 4.77. The van der Waals surface area contributed by atoms with Crippen LogP contribution in [0.15, 0.2) is 66.9 Å². The average molecular weight is 400 g/mol. The van der Waals surface area contributed by atoms with Gasteiger partial charge in [0.2, 0.25) is 5.95 Å². The van der Waals surface area contributed by atoms with Crippen LogP contribution >= 0.6 is 0 Å². The smallest absolute Gasteiger partial charge is 0.229 e. The van der Waals surface area contributed by atoms with Crippen molar-refractivity contribution in [2.75, 3.05) is 42.9 Å². The highest BCUT2D eigenvalue weighted by atomic mass is 15.3. The Balaban J connectivity index is 1.34. The third-order valence-electron chi connectivity index (χ3n) is 5.53.